The fourth-order valence-corrected chi connectivity index (χ4v) is 2.94. The number of hydrogen-bond donors (Lipinski definition) is 3. The third kappa shape index (κ3) is 8.46. The number of likely N-dealkylation sites (tertiary alicyclic amines) is 1. The topological polar surface area (TPSA) is 134 Å². The van der Waals surface area contributed by atoms with Crippen molar-refractivity contribution >= 4 is 24.0 Å². The van der Waals surface area contributed by atoms with E-state index in [0.29, 0.717) is 12.8 Å². The van der Waals surface area contributed by atoms with Crippen LogP contribution in [0.1, 0.15) is 34.1 Å². The number of hydrogen-bond acceptors (Lipinski definition) is 7. The number of aliphatic hydroxyl groups excluding tert-OH is 1. The monoisotopic (exact) mass is 415 g/mol. The van der Waals surface area contributed by atoms with Crippen molar-refractivity contribution in [3.63, 3.8) is 0 Å². The van der Waals surface area contributed by atoms with Gasteiger partial charge in [-0.25, -0.2) is 0 Å². The summed E-state index contributed by atoms with van der Waals surface area (Å²) in [5.41, 5.74) is -0.608. The second-order valence-electron chi connectivity index (χ2n) is 8.01. The molecule has 29 heavy (non-hydrogen) atoms. The predicted molar refractivity (Wildman–Crippen MR) is 104 cm³/mol. The summed E-state index contributed by atoms with van der Waals surface area (Å²) in [5, 5.41) is 15.0. The van der Waals surface area contributed by atoms with E-state index in [-0.39, 0.29) is 45.3 Å². The van der Waals surface area contributed by atoms with Gasteiger partial charge in [-0.1, -0.05) is 20.8 Å². The van der Waals surface area contributed by atoms with Crippen LogP contribution in [0, 0.1) is 5.41 Å². The van der Waals surface area contributed by atoms with Gasteiger partial charge in [-0.2, -0.15) is 0 Å². The Balaban J connectivity index is 2.48. The van der Waals surface area contributed by atoms with Crippen LogP contribution in [0.2, 0.25) is 0 Å². The van der Waals surface area contributed by atoms with Crippen LogP contribution in [0.5, 0.6) is 0 Å². The third-order valence-corrected chi connectivity index (χ3v) is 4.39. The van der Waals surface area contributed by atoms with Crippen LogP contribution in [0.25, 0.3) is 0 Å². The quantitative estimate of drug-likeness (QED) is 0.286. The Bertz CT molecular complexity index is 577. The van der Waals surface area contributed by atoms with Gasteiger partial charge >= 0.3 is 0 Å². The zero-order valence-electron chi connectivity index (χ0n) is 17.6. The number of rotatable bonds is 11. The lowest BCUT2D eigenvalue weighted by Crippen LogP contribution is -2.56. The average Bonchev–Trinajstić information content (AvgIpc) is 3.02. The highest BCUT2D eigenvalue weighted by Gasteiger charge is 2.41. The number of amides is 3. The molecule has 0 bridgehead atoms. The minimum Gasteiger partial charge on any atom is -0.391 e. The molecule has 0 aromatic heterocycles. The first-order valence-corrected chi connectivity index (χ1v) is 9.75. The van der Waals surface area contributed by atoms with Gasteiger partial charge in [0.1, 0.15) is 25.5 Å². The lowest BCUT2D eigenvalue weighted by molar-refractivity contribution is -0.142. The highest BCUT2D eigenvalue weighted by molar-refractivity contribution is 5.90. The fourth-order valence-electron chi connectivity index (χ4n) is 2.94. The SMILES string of the molecule is CCNC(=O)COCCOCC(=O)N[C@H](C(=O)N1C[C@H](O)C[C@H]1C=O)C(C)(C)C. The highest BCUT2D eigenvalue weighted by atomic mass is 16.5. The number of ether oxygens (including phenoxy) is 2. The lowest BCUT2D eigenvalue weighted by Gasteiger charge is -2.34. The summed E-state index contributed by atoms with van der Waals surface area (Å²) in [4.78, 5) is 48.9. The summed E-state index contributed by atoms with van der Waals surface area (Å²) >= 11 is 0. The summed E-state index contributed by atoms with van der Waals surface area (Å²) in [6, 6.07) is -1.57. The molecule has 1 aliphatic rings. The standard InChI is InChI=1S/C19H33N3O7/c1-5-20-15(25)11-28-6-7-29-12-16(26)21-17(19(2,3)4)18(27)22-9-14(24)8-13(22)10-23/h10,13-14,17,24H,5-9,11-12H2,1-4H3,(H,20,25)(H,21,26)/t13-,14+,17+/m0/s1. The Morgan fingerprint density at radius 2 is 1.76 bits per heavy atom. The van der Waals surface area contributed by atoms with Gasteiger partial charge in [0.2, 0.25) is 17.7 Å². The van der Waals surface area contributed by atoms with E-state index >= 15 is 0 Å². The first-order valence-electron chi connectivity index (χ1n) is 9.75. The van der Waals surface area contributed by atoms with E-state index < -0.39 is 35.4 Å². The van der Waals surface area contributed by atoms with Crippen molar-refractivity contribution in [3.05, 3.63) is 0 Å². The molecule has 1 aliphatic heterocycles. The molecule has 0 unspecified atom stereocenters. The molecule has 3 amide bonds. The van der Waals surface area contributed by atoms with Crippen LogP contribution < -0.4 is 10.6 Å². The third-order valence-electron chi connectivity index (χ3n) is 4.39. The van der Waals surface area contributed by atoms with Crippen LogP contribution in [-0.2, 0) is 28.7 Å². The van der Waals surface area contributed by atoms with E-state index in [1.54, 1.807) is 27.7 Å². The lowest BCUT2D eigenvalue weighted by atomic mass is 9.85. The Hall–Kier alpha value is -2.04. The van der Waals surface area contributed by atoms with E-state index in [2.05, 4.69) is 10.6 Å². The van der Waals surface area contributed by atoms with Crippen molar-refractivity contribution in [2.75, 3.05) is 39.5 Å². The smallest absolute Gasteiger partial charge is 0.246 e. The van der Waals surface area contributed by atoms with Crippen molar-refractivity contribution < 1.29 is 33.8 Å². The van der Waals surface area contributed by atoms with E-state index in [9.17, 15) is 24.3 Å². The van der Waals surface area contributed by atoms with Gasteiger partial charge in [0, 0.05) is 19.5 Å². The maximum Gasteiger partial charge on any atom is 0.246 e. The molecule has 0 spiro atoms. The molecule has 1 heterocycles. The van der Waals surface area contributed by atoms with Crippen molar-refractivity contribution in [1.82, 2.24) is 15.5 Å². The molecule has 0 aliphatic carbocycles. The van der Waals surface area contributed by atoms with Gasteiger partial charge in [0.15, 0.2) is 0 Å². The van der Waals surface area contributed by atoms with Gasteiger partial charge in [-0.3, -0.25) is 14.4 Å². The zero-order valence-corrected chi connectivity index (χ0v) is 17.6. The van der Waals surface area contributed by atoms with Gasteiger partial charge in [0.05, 0.1) is 25.4 Å². The summed E-state index contributed by atoms with van der Waals surface area (Å²) in [6.45, 7) is 7.71. The Kier molecular flexibility index (Phi) is 10.2. The molecule has 10 nitrogen and oxygen atoms in total. The first-order chi connectivity index (χ1) is 13.6. The molecule has 1 saturated heterocycles. The zero-order chi connectivity index (χ0) is 22.0. The average molecular weight is 415 g/mol. The van der Waals surface area contributed by atoms with Crippen molar-refractivity contribution in [2.24, 2.45) is 5.41 Å². The molecule has 0 radical (unpaired) electrons. The molecule has 1 rings (SSSR count). The van der Waals surface area contributed by atoms with Gasteiger partial charge < -0.3 is 34.9 Å². The molecular weight excluding hydrogens is 382 g/mol. The van der Waals surface area contributed by atoms with E-state index in [4.69, 9.17) is 9.47 Å². The minimum atomic E-state index is -0.875. The van der Waals surface area contributed by atoms with Gasteiger partial charge in [-0.05, 0) is 12.3 Å². The molecule has 1 fully saturated rings. The summed E-state index contributed by atoms with van der Waals surface area (Å²) in [5.74, 6) is -1.12. The number of carbonyl (C=O) groups excluding carboxylic acids is 4. The van der Waals surface area contributed by atoms with Crippen LogP contribution in [0.4, 0.5) is 0 Å². The Morgan fingerprint density at radius 1 is 1.17 bits per heavy atom. The highest BCUT2D eigenvalue weighted by Crippen LogP contribution is 2.25. The largest absolute Gasteiger partial charge is 0.391 e. The summed E-state index contributed by atoms with van der Waals surface area (Å²) in [6.07, 6.45) is 0.0760. The molecule has 166 valence electrons. The maximum absolute atomic E-state index is 12.9. The summed E-state index contributed by atoms with van der Waals surface area (Å²) in [7, 11) is 0. The molecule has 0 aromatic carbocycles. The molecule has 3 N–H and O–H groups in total. The number of carbonyl (C=O) groups is 4. The first kappa shape index (κ1) is 25.0. The van der Waals surface area contributed by atoms with Crippen molar-refractivity contribution in [2.45, 2.75) is 52.3 Å². The second-order valence-corrected chi connectivity index (χ2v) is 8.01. The van der Waals surface area contributed by atoms with Gasteiger partial charge in [-0.15, -0.1) is 0 Å². The van der Waals surface area contributed by atoms with Crippen molar-refractivity contribution in [1.29, 1.82) is 0 Å². The van der Waals surface area contributed by atoms with E-state index in [0.717, 1.165) is 0 Å². The Morgan fingerprint density at radius 3 is 2.28 bits per heavy atom. The number of β-amino-alcohol motifs (C(OH)–C–C–N with tert-alkyl or cyclic N) is 1. The molecule has 10 heteroatoms. The van der Waals surface area contributed by atoms with Crippen molar-refractivity contribution in [3.8, 4) is 0 Å². The number of aliphatic hydroxyl groups is 1. The molecule has 0 aromatic rings. The number of aldehydes is 1. The summed E-state index contributed by atoms with van der Waals surface area (Å²) < 4.78 is 10.3. The second kappa shape index (κ2) is 11.8. The normalized spacial score (nSPS) is 20.2. The number of nitrogens with one attached hydrogen (secondary N) is 2. The van der Waals surface area contributed by atoms with Gasteiger partial charge in [0.25, 0.3) is 0 Å². The fraction of sp³-hybridized carbons (Fsp3) is 0.789. The molecule has 3 atom stereocenters. The number of nitrogens with zero attached hydrogens (tertiary/aromatic N) is 1. The molecule has 0 saturated carbocycles. The van der Waals surface area contributed by atoms with E-state index in [1.807, 2.05) is 0 Å². The minimum absolute atomic E-state index is 0.0597. The van der Waals surface area contributed by atoms with Crippen LogP contribution in [0.15, 0.2) is 0 Å². The maximum atomic E-state index is 12.9. The Labute approximate surface area is 171 Å². The van der Waals surface area contributed by atoms with Crippen LogP contribution in [-0.4, -0.2) is 91.7 Å². The van der Waals surface area contributed by atoms with Crippen LogP contribution >= 0.6 is 0 Å². The number of likely N-dealkylation sites (N-methyl/N-ethyl adjacent to an activating group) is 1. The van der Waals surface area contributed by atoms with E-state index in [1.165, 1.54) is 4.90 Å². The predicted octanol–water partition coefficient (Wildman–Crippen LogP) is -1.15. The molecular formula is C19H33N3O7. The van der Waals surface area contributed by atoms with Crippen LogP contribution in [0.3, 0.4) is 0 Å².